The summed E-state index contributed by atoms with van der Waals surface area (Å²) in [6.45, 7) is 0. The van der Waals surface area contributed by atoms with Crippen LogP contribution in [-0.2, 0) is 0 Å². The normalized spacial score (nSPS) is 9.80. The Morgan fingerprint density at radius 3 is 2.40 bits per heavy atom. The third-order valence-corrected chi connectivity index (χ3v) is 3.69. The van der Waals surface area contributed by atoms with Crippen molar-refractivity contribution in [1.29, 1.82) is 5.26 Å². The molecule has 0 unspecified atom stereocenters. The summed E-state index contributed by atoms with van der Waals surface area (Å²) in [5, 5.41) is 8.67. The first-order valence-corrected chi connectivity index (χ1v) is 7.11. The van der Waals surface area contributed by atoms with Gasteiger partial charge in [0, 0.05) is 18.1 Å². The van der Waals surface area contributed by atoms with Crippen LogP contribution in [0.1, 0.15) is 0 Å². The molecule has 1 aromatic heterocycles. The van der Waals surface area contributed by atoms with Crippen molar-refractivity contribution in [1.82, 2.24) is 4.98 Å². The summed E-state index contributed by atoms with van der Waals surface area (Å²) < 4.78 is 13.6. The Morgan fingerprint density at radius 2 is 1.80 bits per heavy atom. The lowest BCUT2D eigenvalue weighted by atomic mass is 10.2. The van der Waals surface area contributed by atoms with Gasteiger partial charge in [0.25, 0.3) is 0 Å². The molecule has 0 saturated carbocycles. The Morgan fingerprint density at radius 1 is 1.20 bits per heavy atom. The first-order chi connectivity index (χ1) is 9.72. The fraction of sp³-hybridized carbons (Fsp3) is 0.0714. The van der Waals surface area contributed by atoms with Gasteiger partial charge in [-0.25, -0.2) is 4.39 Å². The SMILES string of the molecule is N#CCSC(=S)N(c1ccncc1)c1ccc(F)cc1. The summed E-state index contributed by atoms with van der Waals surface area (Å²) in [5.41, 5.74) is 1.56. The van der Waals surface area contributed by atoms with E-state index in [-0.39, 0.29) is 11.6 Å². The van der Waals surface area contributed by atoms with Crippen LogP contribution < -0.4 is 4.90 Å². The zero-order valence-corrected chi connectivity index (χ0v) is 12.0. The zero-order chi connectivity index (χ0) is 14.4. The Bertz CT molecular complexity index is 623. The van der Waals surface area contributed by atoms with Crippen LogP contribution in [0.2, 0.25) is 0 Å². The lowest BCUT2D eigenvalue weighted by molar-refractivity contribution is 0.628. The van der Waals surface area contributed by atoms with Gasteiger partial charge in [0.1, 0.15) is 10.1 Å². The van der Waals surface area contributed by atoms with Crippen LogP contribution in [0.25, 0.3) is 0 Å². The molecular formula is C14H10FN3S2. The molecule has 0 saturated heterocycles. The number of halogens is 1. The number of aromatic nitrogens is 1. The number of pyridine rings is 1. The highest BCUT2D eigenvalue weighted by molar-refractivity contribution is 8.23. The van der Waals surface area contributed by atoms with E-state index in [9.17, 15) is 4.39 Å². The van der Waals surface area contributed by atoms with E-state index in [1.807, 2.05) is 18.2 Å². The minimum absolute atomic E-state index is 0.265. The number of thiocarbonyl (C=S) groups is 1. The largest absolute Gasteiger partial charge is 0.296 e. The second-order valence-corrected chi connectivity index (χ2v) is 5.34. The minimum Gasteiger partial charge on any atom is -0.296 e. The van der Waals surface area contributed by atoms with Gasteiger partial charge in [-0.05, 0) is 36.4 Å². The molecule has 1 heterocycles. The van der Waals surface area contributed by atoms with Crippen molar-refractivity contribution in [3.05, 3.63) is 54.6 Å². The lowest BCUT2D eigenvalue weighted by Gasteiger charge is -2.24. The van der Waals surface area contributed by atoms with Gasteiger partial charge in [-0.1, -0.05) is 24.0 Å². The second-order valence-electron chi connectivity index (χ2n) is 3.73. The van der Waals surface area contributed by atoms with Crippen molar-refractivity contribution < 1.29 is 4.39 Å². The van der Waals surface area contributed by atoms with Crippen LogP contribution in [0.3, 0.4) is 0 Å². The van der Waals surface area contributed by atoms with Gasteiger partial charge in [0.2, 0.25) is 0 Å². The molecule has 0 atom stereocenters. The van der Waals surface area contributed by atoms with Crippen molar-refractivity contribution >= 4 is 39.7 Å². The van der Waals surface area contributed by atoms with E-state index in [1.54, 1.807) is 29.4 Å². The standard InChI is InChI=1S/C14H10FN3S2/c15-11-1-3-12(4-2-11)18(14(19)20-10-7-16)13-5-8-17-9-6-13/h1-6,8-9H,10H2. The molecule has 100 valence electrons. The van der Waals surface area contributed by atoms with E-state index in [0.29, 0.717) is 4.32 Å². The maximum absolute atomic E-state index is 13.0. The Hall–Kier alpha value is -1.97. The highest BCUT2D eigenvalue weighted by atomic mass is 32.2. The molecule has 0 amide bonds. The molecule has 6 heteroatoms. The Balaban J connectivity index is 2.37. The summed E-state index contributed by atoms with van der Waals surface area (Å²) in [4.78, 5) is 5.76. The fourth-order valence-corrected chi connectivity index (χ4v) is 2.52. The summed E-state index contributed by atoms with van der Waals surface area (Å²) >= 11 is 6.62. The quantitative estimate of drug-likeness (QED) is 0.804. The van der Waals surface area contributed by atoms with Crippen LogP contribution >= 0.6 is 24.0 Å². The van der Waals surface area contributed by atoms with Gasteiger partial charge in [-0.3, -0.25) is 9.88 Å². The number of hydrogen-bond donors (Lipinski definition) is 0. The van der Waals surface area contributed by atoms with Crippen molar-refractivity contribution in [3.8, 4) is 6.07 Å². The molecule has 2 rings (SSSR count). The zero-order valence-electron chi connectivity index (χ0n) is 10.4. The number of benzene rings is 1. The fourth-order valence-electron chi connectivity index (χ4n) is 1.60. The number of thioether (sulfide) groups is 1. The van der Waals surface area contributed by atoms with Gasteiger partial charge in [-0.15, -0.1) is 0 Å². The van der Waals surface area contributed by atoms with E-state index in [2.05, 4.69) is 4.98 Å². The van der Waals surface area contributed by atoms with Crippen molar-refractivity contribution in [3.63, 3.8) is 0 Å². The molecule has 3 nitrogen and oxygen atoms in total. The predicted molar refractivity (Wildman–Crippen MR) is 83.4 cm³/mol. The van der Waals surface area contributed by atoms with Crippen LogP contribution in [0, 0.1) is 17.1 Å². The molecule has 0 aliphatic heterocycles. The third-order valence-electron chi connectivity index (χ3n) is 2.45. The smallest absolute Gasteiger partial charge is 0.146 e. The van der Waals surface area contributed by atoms with E-state index in [4.69, 9.17) is 17.5 Å². The molecule has 0 aliphatic rings. The third kappa shape index (κ3) is 3.53. The molecule has 0 spiro atoms. The minimum atomic E-state index is -0.306. The monoisotopic (exact) mass is 303 g/mol. The number of nitrogens with zero attached hydrogens (tertiary/aromatic N) is 3. The molecule has 0 bridgehead atoms. The van der Waals surface area contributed by atoms with Crippen LogP contribution in [0.4, 0.5) is 15.8 Å². The van der Waals surface area contributed by atoms with Crippen LogP contribution in [-0.4, -0.2) is 15.1 Å². The molecule has 1 aromatic carbocycles. The van der Waals surface area contributed by atoms with E-state index < -0.39 is 0 Å². The second kappa shape index (κ2) is 6.98. The highest BCUT2D eigenvalue weighted by Crippen LogP contribution is 2.28. The van der Waals surface area contributed by atoms with Gasteiger partial charge in [-0.2, -0.15) is 5.26 Å². The maximum Gasteiger partial charge on any atom is 0.146 e. The molecule has 0 radical (unpaired) electrons. The first-order valence-electron chi connectivity index (χ1n) is 5.72. The number of anilines is 2. The van der Waals surface area contributed by atoms with Gasteiger partial charge >= 0.3 is 0 Å². The Labute approximate surface area is 126 Å². The number of hydrogen-bond acceptors (Lipinski definition) is 4. The molecular weight excluding hydrogens is 293 g/mol. The maximum atomic E-state index is 13.0. The predicted octanol–water partition coefficient (Wildman–Crippen LogP) is 3.90. The number of nitriles is 1. The average molecular weight is 303 g/mol. The topological polar surface area (TPSA) is 39.9 Å². The van der Waals surface area contributed by atoms with Crippen molar-refractivity contribution in [2.75, 3.05) is 10.7 Å². The van der Waals surface area contributed by atoms with Gasteiger partial charge in [0.15, 0.2) is 0 Å². The molecule has 20 heavy (non-hydrogen) atoms. The van der Waals surface area contributed by atoms with Crippen LogP contribution in [0.15, 0.2) is 48.8 Å². The summed E-state index contributed by atoms with van der Waals surface area (Å²) in [5.74, 6) is -0.0410. The highest BCUT2D eigenvalue weighted by Gasteiger charge is 2.15. The van der Waals surface area contributed by atoms with Gasteiger partial charge in [0.05, 0.1) is 17.5 Å². The summed E-state index contributed by atoms with van der Waals surface area (Å²) in [7, 11) is 0. The summed E-state index contributed by atoms with van der Waals surface area (Å²) in [6.07, 6.45) is 3.31. The van der Waals surface area contributed by atoms with E-state index in [0.717, 1.165) is 11.4 Å². The first kappa shape index (κ1) is 14.4. The Kier molecular flexibility index (Phi) is 5.04. The molecule has 0 N–H and O–H groups in total. The van der Waals surface area contributed by atoms with E-state index >= 15 is 0 Å². The lowest BCUT2D eigenvalue weighted by Crippen LogP contribution is -2.21. The molecule has 0 aliphatic carbocycles. The summed E-state index contributed by atoms with van der Waals surface area (Å²) in [6, 6.07) is 11.7. The van der Waals surface area contributed by atoms with Crippen LogP contribution in [0.5, 0.6) is 0 Å². The molecule has 0 fully saturated rings. The van der Waals surface area contributed by atoms with Crippen molar-refractivity contribution in [2.24, 2.45) is 0 Å². The van der Waals surface area contributed by atoms with E-state index in [1.165, 1.54) is 23.9 Å². The average Bonchev–Trinajstić information content (AvgIpc) is 2.48. The van der Waals surface area contributed by atoms with Crippen molar-refractivity contribution in [2.45, 2.75) is 0 Å². The number of rotatable bonds is 3. The van der Waals surface area contributed by atoms with Gasteiger partial charge < -0.3 is 0 Å². The molecule has 2 aromatic rings.